The molecule has 2 aliphatic heterocycles. The lowest BCUT2D eigenvalue weighted by Crippen LogP contribution is -2.63. The molecule has 4 atom stereocenters. The van der Waals surface area contributed by atoms with E-state index in [1.54, 1.807) is 18.2 Å². The van der Waals surface area contributed by atoms with E-state index in [2.05, 4.69) is 36.4 Å². The minimum absolute atomic E-state index is 0.0894. The first-order chi connectivity index (χ1) is 16.7. The number of benzene rings is 1. The van der Waals surface area contributed by atoms with Gasteiger partial charge < -0.3 is 19.5 Å². The van der Waals surface area contributed by atoms with Crippen LogP contribution >= 0.6 is 15.9 Å². The number of carbonyl (C=O) groups is 1. The summed E-state index contributed by atoms with van der Waals surface area (Å²) in [5, 5.41) is 11.6. The van der Waals surface area contributed by atoms with E-state index in [1.165, 1.54) is 0 Å². The molecule has 1 N–H and O–H groups in total. The Kier molecular flexibility index (Phi) is 7.75. The van der Waals surface area contributed by atoms with Gasteiger partial charge in [-0.05, 0) is 64.7 Å². The Hall–Kier alpha value is -2.53. The fourth-order valence-electron chi connectivity index (χ4n) is 4.66. The second-order valence-electron chi connectivity index (χ2n) is 9.83. The van der Waals surface area contributed by atoms with Gasteiger partial charge in [-0.25, -0.2) is 14.2 Å². The number of nitrogens with zero attached hydrogens (tertiary/aromatic N) is 4. The molecule has 0 aliphatic carbocycles. The number of ether oxygens (including phenoxy) is 3. The van der Waals surface area contributed by atoms with Crippen molar-refractivity contribution in [3.63, 3.8) is 0 Å². The first kappa shape index (κ1) is 25.6. The summed E-state index contributed by atoms with van der Waals surface area (Å²) >= 11 is 3.43. The second-order valence-corrected chi connectivity index (χ2v) is 10.7. The van der Waals surface area contributed by atoms with Crippen LogP contribution in [0.1, 0.15) is 46.5 Å². The van der Waals surface area contributed by atoms with E-state index in [0.29, 0.717) is 29.8 Å². The van der Waals surface area contributed by atoms with Gasteiger partial charge in [-0.15, -0.1) is 10.2 Å². The predicted octanol–water partition coefficient (Wildman–Crippen LogP) is 4.96. The Balaban J connectivity index is 1.47. The molecular weight excluding hydrogens is 521 g/mol. The number of alkyl halides is 1. The molecule has 0 unspecified atom stereocenters. The molecule has 190 valence electrons. The van der Waals surface area contributed by atoms with Gasteiger partial charge in [0.05, 0.1) is 18.3 Å². The van der Waals surface area contributed by atoms with Crippen molar-refractivity contribution in [1.29, 1.82) is 0 Å². The van der Waals surface area contributed by atoms with E-state index < -0.39 is 29.9 Å². The van der Waals surface area contributed by atoms with Crippen LogP contribution in [0.3, 0.4) is 0 Å². The number of piperidine rings is 2. The number of nitrogens with one attached hydrogen (secondary N) is 1. The molecule has 35 heavy (non-hydrogen) atoms. The van der Waals surface area contributed by atoms with Crippen molar-refractivity contribution in [3.05, 3.63) is 28.9 Å². The second kappa shape index (κ2) is 10.6. The molecule has 9 nitrogen and oxygen atoms in total. The summed E-state index contributed by atoms with van der Waals surface area (Å²) in [6, 6.07) is 4.37. The number of fused-ring (bicyclic) bond motifs is 2. The minimum Gasteiger partial charge on any atom is -0.467 e. The van der Waals surface area contributed by atoms with Crippen molar-refractivity contribution < 1.29 is 23.4 Å². The normalized spacial score (nSPS) is 24.1. The number of anilines is 1. The molecule has 3 heterocycles. The Morgan fingerprint density at radius 2 is 2.09 bits per heavy atom. The quantitative estimate of drug-likeness (QED) is 0.502. The fourth-order valence-corrected chi connectivity index (χ4v) is 5.00. The number of amides is 1. The molecule has 0 radical (unpaired) electrons. The number of aromatic nitrogens is 3. The summed E-state index contributed by atoms with van der Waals surface area (Å²) in [4.78, 5) is 18.8. The van der Waals surface area contributed by atoms with Crippen LogP contribution in [-0.2, 0) is 9.47 Å². The highest BCUT2D eigenvalue weighted by atomic mass is 79.9. The molecule has 0 spiro atoms. The number of methoxy groups -OCH3 is 1. The van der Waals surface area contributed by atoms with Gasteiger partial charge in [0.25, 0.3) is 0 Å². The van der Waals surface area contributed by atoms with Crippen molar-refractivity contribution in [2.24, 2.45) is 0 Å². The van der Waals surface area contributed by atoms with Gasteiger partial charge in [-0.1, -0.05) is 15.9 Å². The molecule has 2 aromatic rings. The summed E-state index contributed by atoms with van der Waals surface area (Å²) in [6.45, 7) is 5.54. The summed E-state index contributed by atoms with van der Waals surface area (Å²) in [6.07, 6.45) is 2.59. The van der Waals surface area contributed by atoms with E-state index >= 15 is 4.39 Å². The zero-order valence-corrected chi connectivity index (χ0v) is 21.9. The SMILES string of the molecule is COCOc1cc(Br)ccc1-c1cnc(N[C@@H]2C[C@H]3CCC[C@@H]([C@@H]2F)N3C(=O)OC(C)(C)C)nn1. The van der Waals surface area contributed by atoms with Gasteiger partial charge in [0.15, 0.2) is 6.79 Å². The fraction of sp³-hybridized carbons (Fsp3) is 0.583. The third-order valence-electron chi connectivity index (χ3n) is 6.10. The predicted molar refractivity (Wildman–Crippen MR) is 132 cm³/mol. The number of hydrogen-bond acceptors (Lipinski definition) is 8. The first-order valence-electron chi connectivity index (χ1n) is 11.7. The Labute approximate surface area is 212 Å². The van der Waals surface area contributed by atoms with Crippen LogP contribution in [0.5, 0.6) is 5.75 Å². The molecule has 11 heteroatoms. The highest BCUT2D eigenvalue weighted by Crippen LogP contribution is 2.38. The van der Waals surface area contributed by atoms with Gasteiger partial charge >= 0.3 is 6.09 Å². The van der Waals surface area contributed by atoms with Crippen molar-refractivity contribution >= 4 is 28.0 Å². The maximum absolute atomic E-state index is 15.6. The van der Waals surface area contributed by atoms with Gasteiger partial charge in [-0.3, -0.25) is 4.90 Å². The zero-order chi connectivity index (χ0) is 25.2. The molecule has 4 rings (SSSR count). The molecule has 1 amide bonds. The van der Waals surface area contributed by atoms with Crippen LogP contribution < -0.4 is 10.1 Å². The summed E-state index contributed by atoms with van der Waals surface area (Å²) in [5.74, 6) is 0.811. The lowest BCUT2D eigenvalue weighted by Gasteiger charge is -2.50. The van der Waals surface area contributed by atoms with E-state index in [9.17, 15) is 4.79 Å². The highest BCUT2D eigenvalue weighted by molar-refractivity contribution is 9.10. The molecule has 2 fully saturated rings. The van der Waals surface area contributed by atoms with E-state index in [4.69, 9.17) is 14.2 Å². The zero-order valence-electron chi connectivity index (χ0n) is 20.3. The third-order valence-corrected chi connectivity index (χ3v) is 6.59. The van der Waals surface area contributed by atoms with Crippen molar-refractivity contribution in [2.75, 3.05) is 19.2 Å². The first-order valence-corrected chi connectivity index (χ1v) is 12.5. The molecule has 2 aliphatic rings. The topological polar surface area (TPSA) is 98.7 Å². The van der Waals surface area contributed by atoms with Crippen LogP contribution in [0.25, 0.3) is 11.3 Å². The summed E-state index contributed by atoms with van der Waals surface area (Å²) in [5.41, 5.74) is 0.597. The minimum atomic E-state index is -1.28. The third kappa shape index (κ3) is 6.00. The lowest BCUT2D eigenvalue weighted by molar-refractivity contribution is -0.0439. The summed E-state index contributed by atoms with van der Waals surface area (Å²) in [7, 11) is 1.55. The number of rotatable bonds is 6. The van der Waals surface area contributed by atoms with Crippen molar-refractivity contribution in [2.45, 2.75) is 76.4 Å². The molecular formula is C24H31BrFN5O4. The van der Waals surface area contributed by atoms with Crippen LogP contribution in [0.15, 0.2) is 28.9 Å². The van der Waals surface area contributed by atoms with Crippen LogP contribution in [-0.4, -0.2) is 70.0 Å². The van der Waals surface area contributed by atoms with Crippen molar-refractivity contribution in [1.82, 2.24) is 20.1 Å². The number of carbonyl (C=O) groups excluding carboxylic acids is 1. The Morgan fingerprint density at radius 3 is 2.77 bits per heavy atom. The maximum atomic E-state index is 15.6. The van der Waals surface area contributed by atoms with Gasteiger partial charge in [-0.2, -0.15) is 0 Å². The molecule has 0 saturated carbocycles. The van der Waals surface area contributed by atoms with Gasteiger partial charge in [0.2, 0.25) is 5.95 Å². The Bertz CT molecular complexity index is 1040. The maximum Gasteiger partial charge on any atom is 0.410 e. The number of hydrogen-bond donors (Lipinski definition) is 1. The van der Waals surface area contributed by atoms with E-state index in [0.717, 1.165) is 17.3 Å². The van der Waals surface area contributed by atoms with E-state index in [1.807, 2.05) is 39.0 Å². The van der Waals surface area contributed by atoms with Gasteiger partial charge in [0, 0.05) is 23.2 Å². The standard InChI is InChI=1S/C24H31BrFN5O4/c1-24(2,3)35-23(32)31-15-6-5-7-19(31)21(26)17(11-15)28-22-27-12-18(29-30-22)16-9-8-14(25)10-20(16)34-13-33-4/h8-10,12,15,17,19,21H,5-7,11,13H2,1-4H3,(H,27,28,30)/t15-,17-,19+,21-/m1/s1. The lowest BCUT2D eigenvalue weighted by atomic mass is 9.81. The average molecular weight is 552 g/mol. The highest BCUT2D eigenvalue weighted by Gasteiger charge is 2.49. The molecule has 1 aromatic carbocycles. The van der Waals surface area contributed by atoms with Crippen LogP contribution in [0, 0.1) is 0 Å². The molecule has 1 aromatic heterocycles. The van der Waals surface area contributed by atoms with Crippen LogP contribution in [0.2, 0.25) is 0 Å². The van der Waals surface area contributed by atoms with Crippen molar-refractivity contribution in [3.8, 4) is 17.0 Å². The number of halogens is 2. The van der Waals surface area contributed by atoms with Gasteiger partial charge in [0.1, 0.15) is 23.2 Å². The van der Waals surface area contributed by atoms with E-state index in [-0.39, 0.29) is 18.8 Å². The summed E-state index contributed by atoms with van der Waals surface area (Å²) < 4.78 is 32.6. The molecule has 2 saturated heterocycles. The monoisotopic (exact) mass is 551 g/mol. The molecule has 2 bridgehead atoms. The average Bonchev–Trinajstić information content (AvgIpc) is 2.80. The van der Waals surface area contributed by atoms with Crippen LogP contribution in [0.4, 0.5) is 15.1 Å². The smallest absolute Gasteiger partial charge is 0.410 e. The Morgan fingerprint density at radius 1 is 1.29 bits per heavy atom. The largest absolute Gasteiger partial charge is 0.467 e.